The number of nitrogens with zero attached hydrogens (tertiary/aromatic N) is 1. The quantitative estimate of drug-likeness (QED) is 0.832. The van der Waals surface area contributed by atoms with Crippen molar-refractivity contribution < 1.29 is 5.11 Å². The van der Waals surface area contributed by atoms with Gasteiger partial charge >= 0.3 is 0 Å². The van der Waals surface area contributed by atoms with Gasteiger partial charge in [0, 0.05) is 6.21 Å². The van der Waals surface area contributed by atoms with Gasteiger partial charge in [-0.15, -0.1) is 0 Å². The van der Waals surface area contributed by atoms with Crippen molar-refractivity contribution in [1.82, 2.24) is 0 Å². The number of aliphatic imine (C=N–C) groups is 1. The predicted molar refractivity (Wildman–Crippen MR) is 79.8 cm³/mol. The minimum Gasteiger partial charge on any atom is -0.394 e. The van der Waals surface area contributed by atoms with Crippen LogP contribution in [0, 0.1) is 13.8 Å². The Morgan fingerprint density at radius 1 is 1.05 bits per heavy atom. The molecule has 0 aliphatic heterocycles. The van der Waals surface area contributed by atoms with E-state index in [-0.39, 0.29) is 12.6 Å². The van der Waals surface area contributed by atoms with Gasteiger partial charge in [-0.1, -0.05) is 59.7 Å². The number of benzene rings is 2. The zero-order valence-corrected chi connectivity index (χ0v) is 11.4. The van der Waals surface area contributed by atoms with Crippen molar-refractivity contribution in [2.24, 2.45) is 4.99 Å². The highest BCUT2D eigenvalue weighted by Gasteiger charge is 2.06. The molecule has 2 aromatic carbocycles. The Morgan fingerprint density at radius 3 is 2.26 bits per heavy atom. The van der Waals surface area contributed by atoms with Crippen molar-refractivity contribution in [3.63, 3.8) is 0 Å². The fourth-order valence-corrected chi connectivity index (χ4v) is 2.17. The second kappa shape index (κ2) is 6.30. The molecule has 0 heterocycles. The molecule has 1 atom stereocenters. The molecule has 2 heteroatoms. The molecule has 0 spiro atoms. The second-order valence-electron chi connectivity index (χ2n) is 4.81. The summed E-state index contributed by atoms with van der Waals surface area (Å²) in [6.07, 6.45) is 1.84. The molecule has 0 radical (unpaired) electrons. The Hall–Kier alpha value is -1.93. The summed E-state index contributed by atoms with van der Waals surface area (Å²) in [5, 5.41) is 9.45. The van der Waals surface area contributed by atoms with Crippen LogP contribution >= 0.6 is 0 Å². The Labute approximate surface area is 114 Å². The van der Waals surface area contributed by atoms with E-state index < -0.39 is 0 Å². The van der Waals surface area contributed by atoms with Crippen LogP contribution in [0.1, 0.15) is 28.3 Å². The summed E-state index contributed by atoms with van der Waals surface area (Å²) in [4.78, 5) is 4.49. The third kappa shape index (κ3) is 3.76. The van der Waals surface area contributed by atoms with Crippen LogP contribution in [0.25, 0.3) is 0 Å². The van der Waals surface area contributed by atoms with Gasteiger partial charge in [0.25, 0.3) is 0 Å². The molecule has 0 amide bonds. The van der Waals surface area contributed by atoms with Gasteiger partial charge in [0.15, 0.2) is 0 Å². The van der Waals surface area contributed by atoms with E-state index in [0.29, 0.717) is 0 Å². The molecule has 0 aliphatic rings. The average Bonchev–Trinajstić information content (AvgIpc) is 2.39. The SMILES string of the molecule is Cc1cc(C)cc(C=N[C@@H](CO)c2ccccc2)c1. The number of hydrogen-bond acceptors (Lipinski definition) is 2. The number of hydrogen-bond donors (Lipinski definition) is 1. The molecule has 0 aromatic heterocycles. The number of aliphatic hydroxyl groups is 1. The Kier molecular flexibility index (Phi) is 4.48. The van der Waals surface area contributed by atoms with Crippen molar-refractivity contribution >= 4 is 6.21 Å². The fourth-order valence-electron chi connectivity index (χ4n) is 2.17. The largest absolute Gasteiger partial charge is 0.394 e. The van der Waals surface area contributed by atoms with Gasteiger partial charge in [-0.25, -0.2) is 0 Å². The molecule has 0 aliphatic carbocycles. The normalized spacial score (nSPS) is 12.8. The van der Waals surface area contributed by atoms with E-state index >= 15 is 0 Å². The first-order valence-electron chi connectivity index (χ1n) is 6.46. The molecule has 0 bridgehead atoms. The fraction of sp³-hybridized carbons (Fsp3) is 0.235. The molecule has 0 saturated carbocycles. The maximum Gasteiger partial charge on any atom is 0.0979 e. The standard InChI is InChI=1S/C17H19NO/c1-13-8-14(2)10-15(9-13)11-18-17(12-19)16-6-4-3-5-7-16/h3-11,17,19H,12H2,1-2H3/t17-/m0/s1. The number of aliphatic hydroxyl groups excluding tert-OH is 1. The molecular weight excluding hydrogens is 234 g/mol. The van der Waals surface area contributed by atoms with Crippen molar-refractivity contribution in [1.29, 1.82) is 0 Å². The Balaban J connectivity index is 2.20. The smallest absolute Gasteiger partial charge is 0.0979 e. The van der Waals surface area contributed by atoms with Gasteiger partial charge < -0.3 is 5.11 Å². The molecule has 2 aromatic rings. The predicted octanol–water partition coefficient (Wildman–Crippen LogP) is 3.46. The maximum atomic E-state index is 9.45. The van der Waals surface area contributed by atoms with Gasteiger partial charge in [-0.05, 0) is 25.0 Å². The zero-order valence-electron chi connectivity index (χ0n) is 11.4. The second-order valence-corrected chi connectivity index (χ2v) is 4.81. The third-order valence-corrected chi connectivity index (χ3v) is 3.00. The van der Waals surface area contributed by atoms with Crippen LogP contribution in [0.5, 0.6) is 0 Å². The zero-order chi connectivity index (χ0) is 13.7. The molecule has 0 unspecified atom stereocenters. The summed E-state index contributed by atoms with van der Waals surface area (Å²) in [7, 11) is 0. The van der Waals surface area contributed by atoms with Crippen LogP contribution in [0.4, 0.5) is 0 Å². The number of aryl methyl sites for hydroxylation is 2. The van der Waals surface area contributed by atoms with Crippen LogP contribution in [0.15, 0.2) is 53.5 Å². The van der Waals surface area contributed by atoms with Gasteiger partial charge in [0.1, 0.15) is 0 Å². The van der Waals surface area contributed by atoms with Gasteiger partial charge in [-0.3, -0.25) is 4.99 Å². The molecule has 0 fully saturated rings. The van der Waals surface area contributed by atoms with E-state index in [1.165, 1.54) is 11.1 Å². The summed E-state index contributed by atoms with van der Waals surface area (Å²) in [5.41, 5.74) is 4.56. The molecule has 19 heavy (non-hydrogen) atoms. The third-order valence-electron chi connectivity index (χ3n) is 3.00. The summed E-state index contributed by atoms with van der Waals surface area (Å²) >= 11 is 0. The first-order valence-corrected chi connectivity index (χ1v) is 6.46. The van der Waals surface area contributed by atoms with Gasteiger partial charge in [0.05, 0.1) is 12.6 Å². The van der Waals surface area contributed by atoms with Crippen LogP contribution in [0.2, 0.25) is 0 Å². The van der Waals surface area contributed by atoms with Crippen LogP contribution in [-0.2, 0) is 0 Å². The van der Waals surface area contributed by atoms with E-state index in [9.17, 15) is 5.11 Å². The van der Waals surface area contributed by atoms with Crippen LogP contribution < -0.4 is 0 Å². The molecule has 1 N–H and O–H groups in total. The first kappa shape index (κ1) is 13.5. The van der Waals surface area contributed by atoms with E-state index in [0.717, 1.165) is 11.1 Å². The van der Waals surface area contributed by atoms with E-state index in [2.05, 4.69) is 37.0 Å². The van der Waals surface area contributed by atoms with Gasteiger partial charge in [-0.2, -0.15) is 0 Å². The molecule has 0 saturated heterocycles. The van der Waals surface area contributed by atoms with E-state index in [1.807, 2.05) is 36.5 Å². The highest BCUT2D eigenvalue weighted by Crippen LogP contribution is 2.16. The lowest BCUT2D eigenvalue weighted by atomic mass is 10.1. The average molecular weight is 253 g/mol. The lowest BCUT2D eigenvalue weighted by molar-refractivity contribution is 0.269. The summed E-state index contributed by atoms with van der Waals surface area (Å²) in [5.74, 6) is 0. The van der Waals surface area contributed by atoms with E-state index in [1.54, 1.807) is 0 Å². The summed E-state index contributed by atoms with van der Waals surface area (Å²) in [6, 6.07) is 16.0. The lowest BCUT2D eigenvalue weighted by Gasteiger charge is -2.09. The molecule has 2 rings (SSSR count). The van der Waals surface area contributed by atoms with Crippen LogP contribution in [0.3, 0.4) is 0 Å². The monoisotopic (exact) mass is 253 g/mol. The van der Waals surface area contributed by atoms with Crippen molar-refractivity contribution in [3.8, 4) is 0 Å². The molecule has 2 nitrogen and oxygen atoms in total. The Morgan fingerprint density at radius 2 is 1.68 bits per heavy atom. The van der Waals surface area contributed by atoms with Crippen molar-refractivity contribution in [2.75, 3.05) is 6.61 Å². The topological polar surface area (TPSA) is 32.6 Å². The highest BCUT2D eigenvalue weighted by molar-refractivity contribution is 5.80. The van der Waals surface area contributed by atoms with Gasteiger partial charge in [0.2, 0.25) is 0 Å². The highest BCUT2D eigenvalue weighted by atomic mass is 16.3. The maximum absolute atomic E-state index is 9.45. The minimum absolute atomic E-state index is 0.0192. The number of rotatable bonds is 4. The molecular formula is C17H19NO. The van der Waals surface area contributed by atoms with E-state index in [4.69, 9.17) is 0 Å². The van der Waals surface area contributed by atoms with Crippen LogP contribution in [-0.4, -0.2) is 17.9 Å². The van der Waals surface area contributed by atoms with Crippen molar-refractivity contribution in [3.05, 3.63) is 70.8 Å². The summed E-state index contributed by atoms with van der Waals surface area (Å²) in [6.45, 7) is 4.17. The molecule has 98 valence electrons. The lowest BCUT2D eigenvalue weighted by Crippen LogP contribution is -2.01. The first-order chi connectivity index (χ1) is 9.19. The summed E-state index contributed by atoms with van der Waals surface area (Å²) < 4.78 is 0. The van der Waals surface area contributed by atoms with Crippen molar-refractivity contribution in [2.45, 2.75) is 19.9 Å². The minimum atomic E-state index is -0.193. The Bertz CT molecular complexity index is 540.